The number of anilines is 1. The maximum absolute atomic E-state index is 12.6. The Hall–Kier alpha value is -1.84. The van der Waals surface area contributed by atoms with Gasteiger partial charge in [-0.15, -0.1) is 0 Å². The van der Waals surface area contributed by atoms with Crippen molar-refractivity contribution in [1.82, 2.24) is 5.32 Å². The lowest BCUT2D eigenvalue weighted by molar-refractivity contribution is -0.119. The Morgan fingerprint density at radius 3 is 2.60 bits per heavy atom. The Bertz CT molecular complexity index is 654. The molecule has 2 amide bonds. The first-order valence-electron chi connectivity index (χ1n) is 9.83. The molecule has 0 radical (unpaired) electrons. The SMILES string of the molecule is CC(NC(=O)c1ccc(N2CCCCC2=O)cc1)C1CC2CCC1C2. The lowest BCUT2D eigenvalue weighted by atomic mass is 9.84. The van der Waals surface area contributed by atoms with E-state index in [0.717, 1.165) is 36.9 Å². The highest BCUT2D eigenvalue weighted by molar-refractivity contribution is 5.97. The van der Waals surface area contributed by atoms with E-state index in [9.17, 15) is 9.59 Å². The number of benzene rings is 1. The van der Waals surface area contributed by atoms with Crippen molar-refractivity contribution in [3.05, 3.63) is 29.8 Å². The Kier molecular flexibility index (Phi) is 4.53. The van der Waals surface area contributed by atoms with E-state index in [2.05, 4.69) is 12.2 Å². The van der Waals surface area contributed by atoms with Crippen molar-refractivity contribution in [3.8, 4) is 0 Å². The summed E-state index contributed by atoms with van der Waals surface area (Å²) in [4.78, 5) is 26.4. The average Bonchev–Trinajstić information content (AvgIpc) is 3.26. The highest BCUT2D eigenvalue weighted by Gasteiger charge is 2.42. The minimum absolute atomic E-state index is 0.00629. The number of carbonyl (C=O) groups is 2. The normalized spacial score (nSPS) is 29.7. The number of nitrogens with zero attached hydrogens (tertiary/aromatic N) is 1. The zero-order valence-corrected chi connectivity index (χ0v) is 15.0. The van der Waals surface area contributed by atoms with Crippen LogP contribution in [-0.4, -0.2) is 24.4 Å². The summed E-state index contributed by atoms with van der Waals surface area (Å²) in [5.74, 6) is 2.55. The molecule has 1 aromatic carbocycles. The van der Waals surface area contributed by atoms with Gasteiger partial charge in [-0.05, 0) is 81.0 Å². The number of fused-ring (bicyclic) bond motifs is 2. The summed E-state index contributed by atoms with van der Waals surface area (Å²) in [5.41, 5.74) is 1.59. The number of hydrogen-bond acceptors (Lipinski definition) is 2. The third kappa shape index (κ3) is 3.31. The molecule has 2 bridgehead atoms. The lowest BCUT2D eigenvalue weighted by Crippen LogP contribution is -2.40. The van der Waals surface area contributed by atoms with E-state index < -0.39 is 0 Å². The maximum atomic E-state index is 12.6. The van der Waals surface area contributed by atoms with Crippen LogP contribution < -0.4 is 10.2 Å². The lowest BCUT2D eigenvalue weighted by Gasteiger charge is -2.29. The van der Waals surface area contributed by atoms with Gasteiger partial charge in [0.25, 0.3) is 5.91 Å². The van der Waals surface area contributed by atoms with Gasteiger partial charge in [0.2, 0.25) is 5.91 Å². The fourth-order valence-corrected chi connectivity index (χ4v) is 5.18. The van der Waals surface area contributed by atoms with Gasteiger partial charge in [-0.25, -0.2) is 0 Å². The van der Waals surface area contributed by atoms with Crippen molar-refractivity contribution in [3.63, 3.8) is 0 Å². The quantitative estimate of drug-likeness (QED) is 0.907. The van der Waals surface area contributed by atoms with Gasteiger partial charge in [-0.2, -0.15) is 0 Å². The first kappa shape index (κ1) is 16.6. The van der Waals surface area contributed by atoms with Gasteiger partial charge >= 0.3 is 0 Å². The van der Waals surface area contributed by atoms with Gasteiger partial charge in [0.1, 0.15) is 0 Å². The van der Waals surface area contributed by atoms with Crippen molar-refractivity contribution in [1.29, 1.82) is 0 Å². The van der Waals surface area contributed by atoms with Crippen LogP contribution in [-0.2, 0) is 4.79 Å². The van der Waals surface area contributed by atoms with Crippen molar-refractivity contribution < 1.29 is 9.59 Å². The third-order valence-corrected chi connectivity index (χ3v) is 6.56. The molecule has 1 aromatic rings. The predicted octanol–water partition coefficient (Wildman–Crippen LogP) is 3.76. The van der Waals surface area contributed by atoms with Crippen LogP contribution in [0.1, 0.15) is 62.2 Å². The fraction of sp³-hybridized carbons (Fsp3) is 0.619. The molecule has 1 N–H and O–H groups in total. The van der Waals surface area contributed by atoms with Crippen molar-refractivity contribution >= 4 is 17.5 Å². The summed E-state index contributed by atoms with van der Waals surface area (Å²) >= 11 is 0. The van der Waals surface area contributed by atoms with Crippen LogP contribution in [0, 0.1) is 17.8 Å². The molecule has 3 aliphatic rings. The maximum Gasteiger partial charge on any atom is 0.251 e. The summed E-state index contributed by atoms with van der Waals surface area (Å²) in [6.45, 7) is 2.94. The number of nitrogens with one attached hydrogen (secondary N) is 1. The summed E-state index contributed by atoms with van der Waals surface area (Å²) < 4.78 is 0. The first-order chi connectivity index (χ1) is 12.1. The minimum atomic E-state index is 0.00629. The van der Waals surface area contributed by atoms with Gasteiger partial charge in [0, 0.05) is 30.3 Å². The molecule has 4 heteroatoms. The molecule has 1 aliphatic heterocycles. The Labute approximate surface area is 150 Å². The topological polar surface area (TPSA) is 49.4 Å². The number of amides is 2. The first-order valence-corrected chi connectivity index (χ1v) is 9.83. The van der Waals surface area contributed by atoms with Gasteiger partial charge in [0.15, 0.2) is 0 Å². The number of rotatable bonds is 4. The molecule has 0 spiro atoms. The number of piperidine rings is 1. The largest absolute Gasteiger partial charge is 0.349 e. The molecule has 4 rings (SSSR count). The molecular formula is C21H28N2O2. The molecule has 0 aromatic heterocycles. The van der Waals surface area contributed by atoms with E-state index in [1.807, 2.05) is 29.2 Å². The Morgan fingerprint density at radius 1 is 1.16 bits per heavy atom. The van der Waals surface area contributed by atoms with Crippen molar-refractivity contribution in [2.75, 3.05) is 11.4 Å². The third-order valence-electron chi connectivity index (χ3n) is 6.56. The second-order valence-electron chi connectivity index (χ2n) is 8.15. The van der Waals surface area contributed by atoms with Crippen LogP contribution in [0.5, 0.6) is 0 Å². The van der Waals surface area contributed by atoms with Gasteiger partial charge < -0.3 is 10.2 Å². The van der Waals surface area contributed by atoms with Crippen LogP contribution in [0.15, 0.2) is 24.3 Å². The van der Waals surface area contributed by atoms with E-state index in [1.54, 1.807) is 0 Å². The molecule has 134 valence electrons. The van der Waals surface area contributed by atoms with Crippen molar-refractivity contribution in [2.24, 2.45) is 17.8 Å². The zero-order chi connectivity index (χ0) is 17.4. The van der Waals surface area contributed by atoms with Crippen LogP contribution in [0.3, 0.4) is 0 Å². The van der Waals surface area contributed by atoms with Gasteiger partial charge in [-0.1, -0.05) is 6.42 Å². The highest BCUT2D eigenvalue weighted by Crippen LogP contribution is 2.49. The Balaban J connectivity index is 1.38. The van der Waals surface area contributed by atoms with Crippen LogP contribution in [0.25, 0.3) is 0 Å². The number of hydrogen-bond donors (Lipinski definition) is 1. The molecule has 4 unspecified atom stereocenters. The summed E-state index contributed by atoms with van der Waals surface area (Å²) in [6, 6.07) is 7.74. The summed E-state index contributed by atoms with van der Waals surface area (Å²) in [6.07, 6.45) is 8.03. The van der Waals surface area contributed by atoms with E-state index in [0.29, 0.717) is 17.9 Å². The van der Waals surface area contributed by atoms with Gasteiger partial charge in [-0.3, -0.25) is 9.59 Å². The second kappa shape index (κ2) is 6.81. The fourth-order valence-electron chi connectivity index (χ4n) is 5.18. The molecule has 1 saturated heterocycles. The molecule has 25 heavy (non-hydrogen) atoms. The van der Waals surface area contributed by atoms with Gasteiger partial charge in [0.05, 0.1) is 0 Å². The van der Waals surface area contributed by atoms with Crippen LogP contribution in [0.4, 0.5) is 5.69 Å². The van der Waals surface area contributed by atoms with E-state index in [4.69, 9.17) is 0 Å². The molecule has 1 heterocycles. The van der Waals surface area contributed by atoms with E-state index >= 15 is 0 Å². The minimum Gasteiger partial charge on any atom is -0.349 e. The number of carbonyl (C=O) groups excluding carboxylic acids is 2. The van der Waals surface area contributed by atoms with E-state index in [-0.39, 0.29) is 17.9 Å². The summed E-state index contributed by atoms with van der Waals surface area (Å²) in [5, 5.41) is 3.21. The predicted molar refractivity (Wildman–Crippen MR) is 98.5 cm³/mol. The molecular weight excluding hydrogens is 312 g/mol. The van der Waals surface area contributed by atoms with Crippen LogP contribution in [0.2, 0.25) is 0 Å². The monoisotopic (exact) mass is 340 g/mol. The summed E-state index contributed by atoms with van der Waals surface area (Å²) in [7, 11) is 0. The average molecular weight is 340 g/mol. The highest BCUT2D eigenvalue weighted by atomic mass is 16.2. The smallest absolute Gasteiger partial charge is 0.251 e. The standard InChI is InChI=1S/C21H28N2O2/c1-14(19-13-15-5-6-17(19)12-15)22-21(25)16-7-9-18(10-8-16)23-11-3-2-4-20(23)24/h7-10,14-15,17,19H,2-6,11-13H2,1H3,(H,22,25). The zero-order valence-electron chi connectivity index (χ0n) is 15.0. The second-order valence-corrected chi connectivity index (χ2v) is 8.15. The molecule has 2 saturated carbocycles. The molecule has 4 nitrogen and oxygen atoms in total. The van der Waals surface area contributed by atoms with Crippen molar-refractivity contribution in [2.45, 2.75) is 57.9 Å². The molecule has 4 atom stereocenters. The van der Waals surface area contributed by atoms with Crippen LogP contribution >= 0.6 is 0 Å². The molecule has 3 fully saturated rings. The van der Waals surface area contributed by atoms with E-state index in [1.165, 1.54) is 25.7 Å². The Morgan fingerprint density at radius 2 is 1.96 bits per heavy atom. The molecule has 2 aliphatic carbocycles.